The number of fused-ring (bicyclic) bond motifs is 1. The van der Waals surface area contributed by atoms with Gasteiger partial charge in [-0.05, 0) is 62.3 Å². The summed E-state index contributed by atoms with van der Waals surface area (Å²) >= 11 is 0. The van der Waals surface area contributed by atoms with E-state index in [2.05, 4.69) is 17.1 Å². The summed E-state index contributed by atoms with van der Waals surface area (Å²) in [6, 6.07) is 1.97. The minimum atomic E-state index is 0.0577. The summed E-state index contributed by atoms with van der Waals surface area (Å²) < 4.78 is 5.72. The van der Waals surface area contributed by atoms with E-state index < -0.39 is 0 Å². The third kappa shape index (κ3) is 6.20. The Morgan fingerprint density at radius 1 is 1.13 bits per heavy atom. The molecule has 1 aromatic heterocycles. The fourth-order valence-electron chi connectivity index (χ4n) is 5.03. The third-order valence-corrected chi connectivity index (χ3v) is 7.11. The van der Waals surface area contributed by atoms with Crippen LogP contribution in [0.3, 0.4) is 0 Å². The van der Waals surface area contributed by atoms with Crippen molar-refractivity contribution in [3.8, 4) is 5.88 Å². The number of aromatic nitrogens is 1. The van der Waals surface area contributed by atoms with Crippen molar-refractivity contribution in [3.63, 3.8) is 0 Å². The number of carbonyl (C=O) groups is 1. The van der Waals surface area contributed by atoms with Crippen molar-refractivity contribution >= 4 is 11.6 Å². The molecule has 0 spiro atoms. The number of ether oxygens (including phenoxy) is 1. The summed E-state index contributed by atoms with van der Waals surface area (Å²) in [6.45, 7) is 4.82. The fourth-order valence-corrected chi connectivity index (χ4v) is 5.03. The average Bonchev–Trinajstić information content (AvgIpc) is 2.82. The van der Waals surface area contributed by atoms with Gasteiger partial charge >= 0.3 is 0 Å². The molecule has 1 aromatic rings. The van der Waals surface area contributed by atoms with Crippen LogP contribution in [0.2, 0.25) is 0 Å². The maximum atomic E-state index is 12.3. The Labute approximate surface area is 186 Å². The molecule has 1 aliphatic heterocycles. The topological polar surface area (TPSA) is 64.0 Å². The summed E-state index contributed by atoms with van der Waals surface area (Å²) in [7, 11) is 0. The number of nitrogens with zero attached hydrogens (tertiary/aromatic N) is 3. The van der Waals surface area contributed by atoms with Crippen molar-refractivity contribution < 1.29 is 14.4 Å². The molecule has 0 N–H and O–H groups in total. The van der Waals surface area contributed by atoms with Gasteiger partial charge in [-0.1, -0.05) is 37.8 Å². The van der Waals surface area contributed by atoms with E-state index in [1.165, 1.54) is 37.7 Å². The first-order valence-corrected chi connectivity index (χ1v) is 12.3. The lowest BCUT2D eigenvalue weighted by Gasteiger charge is -2.26. The van der Waals surface area contributed by atoms with E-state index in [0.29, 0.717) is 12.5 Å². The average molecular weight is 428 g/mol. The highest BCUT2D eigenvalue weighted by Gasteiger charge is 2.21. The Hall–Kier alpha value is -2.11. The van der Waals surface area contributed by atoms with Gasteiger partial charge in [-0.25, -0.2) is 4.98 Å². The van der Waals surface area contributed by atoms with Crippen LogP contribution in [0.5, 0.6) is 5.88 Å². The van der Waals surface area contributed by atoms with Gasteiger partial charge in [0.2, 0.25) is 5.88 Å². The zero-order valence-electron chi connectivity index (χ0n) is 19.0. The maximum Gasteiger partial charge on any atom is 0.260 e. The second kappa shape index (κ2) is 11.0. The molecule has 0 bridgehead atoms. The maximum absolute atomic E-state index is 12.3. The second-order valence-corrected chi connectivity index (χ2v) is 9.55. The van der Waals surface area contributed by atoms with Crippen LogP contribution in [0.25, 0.3) is 0 Å². The summed E-state index contributed by atoms with van der Waals surface area (Å²) in [6.07, 6.45) is 14.6. The van der Waals surface area contributed by atoms with Crippen molar-refractivity contribution in [2.75, 3.05) is 26.3 Å². The zero-order chi connectivity index (χ0) is 21.5. The first-order valence-electron chi connectivity index (χ1n) is 12.3. The van der Waals surface area contributed by atoms with E-state index in [4.69, 9.17) is 9.57 Å². The molecule has 0 radical (unpaired) electrons. The van der Waals surface area contributed by atoms with Gasteiger partial charge in [0.15, 0.2) is 6.61 Å². The van der Waals surface area contributed by atoms with Gasteiger partial charge in [-0.3, -0.25) is 4.79 Å². The Morgan fingerprint density at radius 2 is 1.94 bits per heavy atom. The monoisotopic (exact) mass is 427 g/mol. The largest absolute Gasteiger partial charge is 0.468 e. The predicted molar refractivity (Wildman–Crippen MR) is 121 cm³/mol. The van der Waals surface area contributed by atoms with E-state index in [9.17, 15) is 4.79 Å². The van der Waals surface area contributed by atoms with Crippen LogP contribution in [-0.4, -0.2) is 47.8 Å². The number of oxime groups is 1. The molecule has 0 aromatic carbocycles. The molecule has 2 aliphatic carbocycles. The second-order valence-electron chi connectivity index (χ2n) is 9.55. The quantitative estimate of drug-likeness (QED) is 0.465. The Balaban J connectivity index is 1.27. The molecule has 3 aliphatic rings. The Bertz CT molecular complexity index is 765. The third-order valence-electron chi connectivity index (χ3n) is 7.11. The molecule has 170 valence electrons. The number of amides is 1. The van der Waals surface area contributed by atoms with Crippen molar-refractivity contribution in [3.05, 3.63) is 23.4 Å². The highest BCUT2D eigenvalue weighted by atomic mass is 16.6. The van der Waals surface area contributed by atoms with Crippen LogP contribution in [-0.2, 0) is 16.1 Å². The molecule has 6 heteroatoms. The van der Waals surface area contributed by atoms with Gasteiger partial charge in [0, 0.05) is 30.9 Å². The van der Waals surface area contributed by atoms with Crippen LogP contribution in [0, 0.1) is 11.8 Å². The van der Waals surface area contributed by atoms with Gasteiger partial charge in [0.05, 0.1) is 5.71 Å². The molecule has 1 saturated heterocycles. The molecule has 0 atom stereocenters. The number of rotatable bonds is 7. The number of hydrogen-bond donors (Lipinski definition) is 0. The SMILES string of the molecule is CC1CCC(CCO/N=C2\CCCc3cc(OCC(=O)N4CCCCC4)ncc32)CC1. The van der Waals surface area contributed by atoms with Gasteiger partial charge < -0.3 is 14.5 Å². The normalized spacial score (nSPS) is 25.2. The van der Waals surface area contributed by atoms with E-state index in [-0.39, 0.29) is 12.5 Å². The minimum Gasteiger partial charge on any atom is -0.468 e. The van der Waals surface area contributed by atoms with E-state index >= 15 is 0 Å². The van der Waals surface area contributed by atoms with Gasteiger partial charge in [-0.2, -0.15) is 0 Å². The lowest BCUT2D eigenvalue weighted by molar-refractivity contribution is -0.134. The van der Waals surface area contributed by atoms with Gasteiger partial charge in [0.25, 0.3) is 5.91 Å². The molecule has 4 rings (SSSR count). The van der Waals surface area contributed by atoms with Crippen molar-refractivity contribution in [1.82, 2.24) is 9.88 Å². The number of piperidine rings is 1. The van der Waals surface area contributed by atoms with Crippen LogP contribution >= 0.6 is 0 Å². The van der Waals surface area contributed by atoms with Crippen molar-refractivity contribution in [2.45, 2.75) is 77.6 Å². The van der Waals surface area contributed by atoms with Crippen LogP contribution in [0.1, 0.15) is 82.3 Å². The number of aryl methyl sites for hydroxylation is 1. The van der Waals surface area contributed by atoms with E-state index in [0.717, 1.165) is 74.7 Å². The van der Waals surface area contributed by atoms with E-state index in [1.807, 2.05) is 17.2 Å². The summed E-state index contributed by atoms with van der Waals surface area (Å²) in [5.74, 6) is 2.27. The Morgan fingerprint density at radius 3 is 2.74 bits per heavy atom. The fraction of sp³-hybridized carbons (Fsp3) is 0.720. The lowest BCUT2D eigenvalue weighted by atomic mass is 9.82. The van der Waals surface area contributed by atoms with Crippen molar-refractivity contribution in [1.29, 1.82) is 0 Å². The Kier molecular flexibility index (Phi) is 7.81. The zero-order valence-corrected chi connectivity index (χ0v) is 19.0. The summed E-state index contributed by atoms with van der Waals surface area (Å²) in [5.41, 5.74) is 3.24. The van der Waals surface area contributed by atoms with Crippen molar-refractivity contribution in [2.24, 2.45) is 17.0 Å². The lowest BCUT2D eigenvalue weighted by Crippen LogP contribution is -2.38. The smallest absolute Gasteiger partial charge is 0.260 e. The van der Waals surface area contributed by atoms with Crippen LogP contribution in [0.4, 0.5) is 0 Å². The minimum absolute atomic E-state index is 0.0577. The van der Waals surface area contributed by atoms with E-state index in [1.54, 1.807) is 0 Å². The van der Waals surface area contributed by atoms with Gasteiger partial charge in [0.1, 0.15) is 6.61 Å². The molecule has 0 unspecified atom stereocenters. The molecule has 31 heavy (non-hydrogen) atoms. The highest BCUT2D eigenvalue weighted by Crippen LogP contribution is 2.30. The molecule has 6 nitrogen and oxygen atoms in total. The van der Waals surface area contributed by atoms with Crippen LogP contribution in [0.15, 0.2) is 17.4 Å². The molecule has 2 fully saturated rings. The van der Waals surface area contributed by atoms with Crippen LogP contribution < -0.4 is 4.74 Å². The number of pyridine rings is 1. The molecular formula is C25H37N3O3. The summed E-state index contributed by atoms with van der Waals surface area (Å²) in [4.78, 5) is 24.4. The predicted octanol–water partition coefficient (Wildman–Crippen LogP) is 4.75. The number of likely N-dealkylation sites (tertiary alicyclic amines) is 1. The molecule has 1 amide bonds. The first-order chi connectivity index (χ1) is 15.2. The summed E-state index contributed by atoms with van der Waals surface area (Å²) in [5, 5.41) is 4.46. The molecule has 2 heterocycles. The number of carbonyl (C=O) groups excluding carboxylic acids is 1. The number of hydrogen-bond acceptors (Lipinski definition) is 5. The highest BCUT2D eigenvalue weighted by molar-refractivity contribution is 6.02. The first kappa shape index (κ1) is 22.1. The van der Waals surface area contributed by atoms with Gasteiger partial charge in [-0.15, -0.1) is 0 Å². The molecule has 1 saturated carbocycles. The molecular weight excluding hydrogens is 390 g/mol. The standard InChI is InChI=1S/C25H37N3O3/c1-19-8-10-20(11-9-19)12-15-31-27-23-7-5-6-21-16-24(26-17-22(21)23)30-18-25(29)28-13-3-2-4-14-28/h16-17,19-20H,2-15,18H2,1H3/b27-23+.